The third-order valence-corrected chi connectivity index (χ3v) is 4.44. The van der Waals surface area contributed by atoms with Crippen molar-refractivity contribution in [2.45, 2.75) is 13.3 Å². The molecule has 18 heavy (non-hydrogen) atoms. The summed E-state index contributed by atoms with van der Waals surface area (Å²) in [4.78, 5) is 11.5. The Morgan fingerprint density at radius 2 is 2.17 bits per heavy atom. The molecule has 1 amide bonds. The van der Waals surface area contributed by atoms with Crippen LogP contribution in [0.15, 0.2) is 5.10 Å². The molecule has 0 saturated carbocycles. The van der Waals surface area contributed by atoms with Gasteiger partial charge in [0.15, 0.2) is 0 Å². The zero-order chi connectivity index (χ0) is 13.8. The molecular formula is C10H20N4O3S. The van der Waals surface area contributed by atoms with E-state index in [1.165, 1.54) is 14.1 Å². The second-order valence-electron chi connectivity index (χ2n) is 4.42. The third-order valence-electron chi connectivity index (χ3n) is 2.61. The van der Waals surface area contributed by atoms with Crippen LogP contribution in [0.3, 0.4) is 0 Å². The Morgan fingerprint density at radius 3 is 2.67 bits per heavy atom. The van der Waals surface area contributed by atoms with Crippen molar-refractivity contribution in [2.75, 3.05) is 39.5 Å². The van der Waals surface area contributed by atoms with Crippen LogP contribution in [-0.2, 0) is 14.8 Å². The van der Waals surface area contributed by atoms with Crippen LogP contribution >= 0.6 is 0 Å². The van der Waals surface area contributed by atoms with Gasteiger partial charge in [0.25, 0.3) is 0 Å². The molecule has 1 aliphatic heterocycles. The maximum absolute atomic E-state index is 11.5. The monoisotopic (exact) mass is 276 g/mol. The number of hydrogen-bond acceptors (Lipinski definition) is 5. The average Bonchev–Trinajstić information content (AvgIpc) is 2.63. The molecule has 104 valence electrons. The van der Waals surface area contributed by atoms with Gasteiger partial charge in [0.2, 0.25) is 15.9 Å². The second-order valence-corrected chi connectivity index (χ2v) is 6.72. The topological polar surface area (TPSA) is 82.1 Å². The zero-order valence-corrected chi connectivity index (χ0v) is 11.8. The molecule has 0 fully saturated rings. The molecule has 0 atom stereocenters. The van der Waals surface area contributed by atoms with Crippen LogP contribution in [0.1, 0.15) is 13.3 Å². The summed E-state index contributed by atoms with van der Waals surface area (Å²) in [5.74, 6) is -0.295. The average molecular weight is 276 g/mol. The first-order valence-corrected chi connectivity index (χ1v) is 7.38. The Hall–Kier alpha value is -1.15. The highest BCUT2D eigenvalue weighted by Crippen LogP contribution is 2.04. The van der Waals surface area contributed by atoms with Crippen LogP contribution in [0.5, 0.6) is 0 Å². The van der Waals surface area contributed by atoms with Crippen molar-refractivity contribution in [3.63, 3.8) is 0 Å². The van der Waals surface area contributed by atoms with E-state index in [4.69, 9.17) is 0 Å². The fourth-order valence-electron chi connectivity index (χ4n) is 1.47. The lowest BCUT2D eigenvalue weighted by molar-refractivity contribution is -0.122. The summed E-state index contributed by atoms with van der Waals surface area (Å²) < 4.78 is 24.0. The summed E-state index contributed by atoms with van der Waals surface area (Å²) in [5.41, 5.74) is 1.01. The van der Waals surface area contributed by atoms with Crippen molar-refractivity contribution in [3.05, 3.63) is 0 Å². The van der Waals surface area contributed by atoms with Crippen LogP contribution in [0.25, 0.3) is 0 Å². The molecule has 0 unspecified atom stereocenters. The summed E-state index contributed by atoms with van der Waals surface area (Å²) >= 11 is 0. The molecule has 1 aliphatic rings. The quantitative estimate of drug-likeness (QED) is 0.680. The van der Waals surface area contributed by atoms with Crippen LogP contribution in [0.2, 0.25) is 0 Å². The van der Waals surface area contributed by atoms with Gasteiger partial charge in [0, 0.05) is 39.3 Å². The highest BCUT2D eigenvalue weighted by Gasteiger charge is 2.16. The predicted molar refractivity (Wildman–Crippen MR) is 69.8 cm³/mol. The van der Waals surface area contributed by atoms with E-state index in [2.05, 4.69) is 10.4 Å². The zero-order valence-electron chi connectivity index (χ0n) is 11.0. The number of rotatable bonds is 6. The van der Waals surface area contributed by atoms with Crippen molar-refractivity contribution >= 4 is 21.6 Å². The maximum Gasteiger partial charge on any atom is 0.241 e. The number of carbonyl (C=O) groups is 1. The van der Waals surface area contributed by atoms with Crippen molar-refractivity contribution in [3.8, 4) is 0 Å². The summed E-state index contributed by atoms with van der Waals surface area (Å²) in [6, 6.07) is 0. The van der Waals surface area contributed by atoms with Crippen LogP contribution < -0.4 is 5.32 Å². The van der Waals surface area contributed by atoms with Crippen LogP contribution in [-0.4, -0.2) is 68.8 Å². The minimum Gasteiger partial charge on any atom is -0.353 e. The van der Waals surface area contributed by atoms with Gasteiger partial charge in [-0.3, -0.25) is 9.80 Å². The normalized spacial score (nSPS) is 16.0. The number of amides is 1. The minimum absolute atomic E-state index is 0.0893. The van der Waals surface area contributed by atoms with E-state index in [1.807, 2.05) is 6.92 Å². The third kappa shape index (κ3) is 4.61. The van der Waals surface area contributed by atoms with Crippen LogP contribution in [0, 0.1) is 0 Å². The molecular weight excluding hydrogens is 256 g/mol. The van der Waals surface area contributed by atoms with E-state index in [0.717, 1.165) is 23.0 Å². The van der Waals surface area contributed by atoms with Gasteiger partial charge in [-0.2, -0.15) is 5.10 Å². The highest BCUT2D eigenvalue weighted by atomic mass is 32.2. The van der Waals surface area contributed by atoms with E-state index in [9.17, 15) is 13.2 Å². The van der Waals surface area contributed by atoms with E-state index in [-0.39, 0.29) is 24.7 Å². The predicted octanol–water partition coefficient (Wildman–Crippen LogP) is -0.924. The van der Waals surface area contributed by atoms with E-state index in [1.54, 1.807) is 5.01 Å². The van der Waals surface area contributed by atoms with E-state index in [0.29, 0.717) is 0 Å². The molecule has 0 spiro atoms. The lowest BCUT2D eigenvalue weighted by atomic mass is 10.3. The number of hydrogen-bond donors (Lipinski definition) is 1. The Balaban J connectivity index is 2.26. The van der Waals surface area contributed by atoms with Crippen molar-refractivity contribution in [2.24, 2.45) is 5.10 Å². The molecule has 8 heteroatoms. The lowest BCUT2D eigenvalue weighted by Gasteiger charge is -2.14. The van der Waals surface area contributed by atoms with Gasteiger partial charge in [0.05, 0.1) is 5.75 Å². The Labute approximate surface area is 108 Å². The fraction of sp³-hybridized carbons (Fsp3) is 0.800. The Kier molecular flexibility index (Phi) is 5.09. The minimum atomic E-state index is -3.25. The largest absolute Gasteiger partial charge is 0.353 e. The number of sulfonamides is 1. The standard InChI is InChI=1S/C10H20N4O3S/c1-9-4-6-14(12-9)8-10(15)11-5-7-18(16,17)13(2)3/h4-8H2,1-3H3,(H,11,15). The number of nitrogens with one attached hydrogen (secondary N) is 1. The Morgan fingerprint density at radius 1 is 1.50 bits per heavy atom. The molecule has 1 N–H and O–H groups in total. The highest BCUT2D eigenvalue weighted by molar-refractivity contribution is 7.89. The molecule has 0 radical (unpaired) electrons. The summed E-state index contributed by atoms with van der Waals surface area (Å²) in [6.45, 7) is 2.96. The summed E-state index contributed by atoms with van der Waals surface area (Å²) in [6.07, 6.45) is 0.877. The molecule has 0 bridgehead atoms. The smallest absolute Gasteiger partial charge is 0.241 e. The van der Waals surface area contributed by atoms with Gasteiger partial charge in [-0.05, 0) is 6.92 Å². The van der Waals surface area contributed by atoms with Gasteiger partial charge in [-0.15, -0.1) is 0 Å². The first kappa shape index (κ1) is 14.9. The molecule has 1 heterocycles. The maximum atomic E-state index is 11.5. The van der Waals surface area contributed by atoms with Gasteiger partial charge in [-0.1, -0.05) is 0 Å². The molecule has 0 aliphatic carbocycles. The fourth-order valence-corrected chi connectivity index (χ4v) is 2.20. The molecule has 0 saturated heterocycles. The van der Waals surface area contributed by atoms with Gasteiger partial charge >= 0.3 is 0 Å². The molecule has 0 aromatic rings. The molecule has 0 aromatic heterocycles. The number of hydrazone groups is 1. The van der Waals surface area contributed by atoms with Crippen LogP contribution in [0.4, 0.5) is 0 Å². The van der Waals surface area contributed by atoms with Gasteiger partial charge < -0.3 is 5.32 Å². The molecule has 7 nitrogen and oxygen atoms in total. The van der Waals surface area contributed by atoms with Crippen molar-refractivity contribution < 1.29 is 13.2 Å². The first-order chi connectivity index (χ1) is 8.31. The van der Waals surface area contributed by atoms with Crippen molar-refractivity contribution in [1.29, 1.82) is 0 Å². The lowest BCUT2D eigenvalue weighted by Crippen LogP contribution is -2.38. The van der Waals surface area contributed by atoms with Gasteiger partial charge in [-0.25, -0.2) is 12.7 Å². The Bertz CT molecular complexity index is 430. The first-order valence-electron chi connectivity index (χ1n) is 5.77. The summed E-state index contributed by atoms with van der Waals surface area (Å²) in [5, 5.41) is 8.44. The number of nitrogens with zero attached hydrogens (tertiary/aromatic N) is 3. The van der Waals surface area contributed by atoms with E-state index < -0.39 is 10.0 Å². The van der Waals surface area contributed by atoms with E-state index >= 15 is 0 Å². The number of carbonyl (C=O) groups excluding carboxylic acids is 1. The van der Waals surface area contributed by atoms with Gasteiger partial charge in [0.1, 0.15) is 6.54 Å². The molecule has 1 rings (SSSR count). The summed E-state index contributed by atoms with van der Waals surface area (Å²) in [7, 11) is -0.310. The second kappa shape index (κ2) is 6.14. The molecule has 0 aromatic carbocycles. The van der Waals surface area contributed by atoms with Crippen molar-refractivity contribution in [1.82, 2.24) is 14.6 Å². The SMILES string of the molecule is CC1=NN(CC(=O)NCCS(=O)(=O)N(C)C)CC1.